The van der Waals surface area contributed by atoms with Gasteiger partial charge in [0.05, 0.1) is 35.2 Å². The van der Waals surface area contributed by atoms with E-state index in [9.17, 15) is 24.8 Å². The Kier molecular flexibility index (Phi) is 6.10. The summed E-state index contributed by atoms with van der Waals surface area (Å²) in [6.07, 6.45) is 1.01. The molecule has 0 aliphatic heterocycles. The highest BCUT2D eigenvalue weighted by Gasteiger charge is 2.19. The number of nitro groups is 1. The van der Waals surface area contributed by atoms with Crippen molar-refractivity contribution in [1.82, 2.24) is 15.1 Å². The van der Waals surface area contributed by atoms with Gasteiger partial charge >= 0.3 is 5.69 Å². The number of aromatic nitrogens is 2. The Balaban J connectivity index is 1.70. The Bertz CT molecular complexity index is 1250. The molecule has 3 aromatic rings. The zero-order chi connectivity index (χ0) is 22.5. The number of ether oxygens (including phenoxy) is 1. The topological polar surface area (TPSA) is 158 Å². The highest BCUT2D eigenvalue weighted by molar-refractivity contribution is 5.88. The molecule has 3 rings (SSSR count). The molecule has 0 aliphatic rings. The van der Waals surface area contributed by atoms with E-state index in [1.807, 2.05) is 0 Å². The molecule has 160 valence electrons. The van der Waals surface area contributed by atoms with Crippen LogP contribution in [0.15, 0.2) is 46.3 Å². The average Bonchev–Trinajstić information content (AvgIpc) is 2.74. The van der Waals surface area contributed by atoms with E-state index >= 15 is 0 Å². The molecule has 0 atom stereocenters. The highest BCUT2D eigenvalue weighted by atomic mass is 16.7. The van der Waals surface area contributed by atoms with Gasteiger partial charge in [-0.3, -0.25) is 19.7 Å². The maximum absolute atomic E-state index is 12.5. The van der Waals surface area contributed by atoms with Gasteiger partial charge in [0, 0.05) is 5.56 Å². The molecule has 0 bridgehead atoms. The average molecular weight is 427 g/mol. The number of rotatable bonds is 7. The third kappa shape index (κ3) is 4.58. The van der Waals surface area contributed by atoms with E-state index in [0.29, 0.717) is 10.9 Å². The lowest BCUT2D eigenvalue weighted by molar-refractivity contribution is -0.385. The van der Waals surface area contributed by atoms with Crippen LogP contribution in [-0.2, 0) is 4.79 Å². The van der Waals surface area contributed by atoms with Crippen LogP contribution in [-0.4, -0.2) is 45.6 Å². The molecule has 0 spiro atoms. The molecule has 0 saturated carbocycles. The van der Waals surface area contributed by atoms with Crippen LogP contribution in [0.4, 0.5) is 5.69 Å². The maximum Gasteiger partial charge on any atom is 0.315 e. The van der Waals surface area contributed by atoms with E-state index in [-0.39, 0.29) is 17.1 Å². The number of nitro benzene ring substituents is 1. The van der Waals surface area contributed by atoms with Crippen LogP contribution in [0.2, 0.25) is 0 Å². The number of benzene rings is 2. The summed E-state index contributed by atoms with van der Waals surface area (Å²) in [4.78, 5) is 44.2. The zero-order valence-corrected chi connectivity index (χ0v) is 16.4. The van der Waals surface area contributed by atoms with Crippen LogP contribution in [0.5, 0.6) is 11.5 Å². The minimum atomic E-state index is -0.778. The summed E-state index contributed by atoms with van der Waals surface area (Å²) < 4.78 is 5.85. The zero-order valence-electron chi connectivity index (χ0n) is 16.4. The van der Waals surface area contributed by atoms with Crippen molar-refractivity contribution in [2.24, 2.45) is 5.10 Å². The molecular weight excluding hydrogens is 410 g/mol. The number of methoxy groups -OCH3 is 1. The number of phenols is 1. The van der Waals surface area contributed by atoms with Crippen molar-refractivity contribution >= 4 is 28.7 Å². The summed E-state index contributed by atoms with van der Waals surface area (Å²) >= 11 is 0. The van der Waals surface area contributed by atoms with Crippen molar-refractivity contribution in [3.05, 3.63) is 68.3 Å². The third-order valence-electron chi connectivity index (χ3n) is 4.14. The SMILES string of the molecule is COc1cc(C=NNC(=O)COn2c(C)nc3ccccc3c2=O)c(O)c([N+](=O)[O-])c1. The van der Waals surface area contributed by atoms with Crippen LogP contribution < -0.4 is 20.6 Å². The van der Waals surface area contributed by atoms with Crippen LogP contribution >= 0.6 is 0 Å². The molecule has 0 radical (unpaired) electrons. The van der Waals surface area contributed by atoms with Gasteiger partial charge in [-0.1, -0.05) is 12.1 Å². The van der Waals surface area contributed by atoms with Gasteiger partial charge in [-0.05, 0) is 25.1 Å². The quantitative estimate of drug-likeness (QED) is 0.320. The van der Waals surface area contributed by atoms with Gasteiger partial charge in [0.25, 0.3) is 11.5 Å². The number of nitrogens with zero attached hydrogens (tertiary/aromatic N) is 4. The second-order valence-corrected chi connectivity index (χ2v) is 6.18. The van der Waals surface area contributed by atoms with Crippen molar-refractivity contribution in [2.45, 2.75) is 6.92 Å². The van der Waals surface area contributed by atoms with Gasteiger partial charge < -0.3 is 14.7 Å². The molecule has 0 unspecified atom stereocenters. The smallest absolute Gasteiger partial charge is 0.315 e. The molecule has 0 fully saturated rings. The van der Waals surface area contributed by atoms with Crippen molar-refractivity contribution in [1.29, 1.82) is 0 Å². The standard InChI is InChI=1S/C19H17N5O7/c1-11-21-15-6-4-3-5-14(15)19(27)23(11)31-10-17(25)22-20-9-12-7-13(30-2)8-16(18(12)26)24(28)29/h3-9,26H,10H2,1-2H3,(H,22,25). The van der Waals surface area contributed by atoms with E-state index in [2.05, 4.69) is 15.5 Å². The Morgan fingerprint density at radius 2 is 2.13 bits per heavy atom. The van der Waals surface area contributed by atoms with Crippen molar-refractivity contribution < 1.29 is 24.4 Å². The first kappa shape index (κ1) is 21.2. The maximum atomic E-state index is 12.5. The predicted octanol–water partition coefficient (Wildman–Crippen LogP) is 0.906. The van der Waals surface area contributed by atoms with Gasteiger partial charge in [0.1, 0.15) is 11.6 Å². The minimum absolute atomic E-state index is 0.0435. The molecule has 0 saturated heterocycles. The van der Waals surface area contributed by atoms with E-state index in [0.717, 1.165) is 17.0 Å². The fourth-order valence-corrected chi connectivity index (χ4v) is 2.68. The number of hydrogen-bond donors (Lipinski definition) is 2. The second kappa shape index (κ2) is 8.90. The number of amides is 1. The van der Waals surface area contributed by atoms with E-state index in [4.69, 9.17) is 9.57 Å². The monoisotopic (exact) mass is 427 g/mol. The molecule has 12 heteroatoms. The molecule has 1 heterocycles. The Hall–Kier alpha value is -4.48. The van der Waals surface area contributed by atoms with Gasteiger partial charge in [-0.15, -0.1) is 4.73 Å². The minimum Gasteiger partial charge on any atom is -0.502 e. The number of aryl methyl sites for hydroxylation is 1. The summed E-state index contributed by atoms with van der Waals surface area (Å²) in [6.45, 7) is 1.00. The largest absolute Gasteiger partial charge is 0.502 e. The lowest BCUT2D eigenvalue weighted by Crippen LogP contribution is -2.35. The van der Waals surface area contributed by atoms with Crippen LogP contribution in [0.25, 0.3) is 10.9 Å². The molecule has 2 aromatic carbocycles. The molecule has 1 aromatic heterocycles. The van der Waals surface area contributed by atoms with Crippen molar-refractivity contribution in [3.8, 4) is 11.5 Å². The summed E-state index contributed by atoms with van der Waals surface area (Å²) in [7, 11) is 1.31. The molecule has 0 aliphatic carbocycles. The van der Waals surface area contributed by atoms with Gasteiger partial charge in [0.15, 0.2) is 6.61 Å². The predicted molar refractivity (Wildman–Crippen MR) is 109 cm³/mol. The first-order valence-electron chi connectivity index (χ1n) is 8.80. The van der Waals surface area contributed by atoms with Gasteiger partial charge in [-0.25, -0.2) is 10.4 Å². The molecule has 12 nitrogen and oxygen atoms in total. The van der Waals surface area contributed by atoms with Gasteiger partial charge in [-0.2, -0.15) is 5.10 Å². The summed E-state index contributed by atoms with van der Waals surface area (Å²) in [6, 6.07) is 9.07. The molecule has 1 amide bonds. The molecule has 31 heavy (non-hydrogen) atoms. The summed E-state index contributed by atoms with van der Waals surface area (Å²) in [5.41, 5.74) is 1.56. The Morgan fingerprint density at radius 3 is 2.84 bits per heavy atom. The number of carbonyl (C=O) groups is 1. The van der Waals surface area contributed by atoms with Crippen molar-refractivity contribution in [2.75, 3.05) is 13.7 Å². The van der Waals surface area contributed by atoms with E-state index in [1.165, 1.54) is 13.2 Å². The van der Waals surface area contributed by atoms with Crippen LogP contribution in [0, 0.1) is 17.0 Å². The fourth-order valence-electron chi connectivity index (χ4n) is 2.68. The number of hydrazone groups is 1. The van der Waals surface area contributed by atoms with E-state index in [1.54, 1.807) is 31.2 Å². The number of phenolic OH excluding ortho intramolecular Hbond substituents is 1. The van der Waals surface area contributed by atoms with Crippen molar-refractivity contribution in [3.63, 3.8) is 0 Å². The Morgan fingerprint density at radius 1 is 1.39 bits per heavy atom. The summed E-state index contributed by atoms with van der Waals surface area (Å²) in [5.74, 6) is -0.968. The van der Waals surface area contributed by atoms with Gasteiger partial charge in [0.2, 0.25) is 5.75 Å². The molecule has 2 N–H and O–H groups in total. The number of carbonyl (C=O) groups excluding carboxylic acids is 1. The number of nitrogens with one attached hydrogen (secondary N) is 1. The first-order chi connectivity index (χ1) is 14.8. The fraction of sp³-hybridized carbons (Fsp3) is 0.158. The first-order valence-corrected chi connectivity index (χ1v) is 8.80. The lowest BCUT2D eigenvalue weighted by Gasteiger charge is -2.11. The number of para-hydroxylation sites is 1. The second-order valence-electron chi connectivity index (χ2n) is 6.18. The van der Waals surface area contributed by atoms with Crippen LogP contribution in [0.1, 0.15) is 11.4 Å². The summed E-state index contributed by atoms with van der Waals surface area (Å²) in [5, 5.41) is 25.0. The Labute approximate surface area is 174 Å². The number of hydrogen-bond acceptors (Lipinski definition) is 9. The lowest BCUT2D eigenvalue weighted by atomic mass is 10.1. The van der Waals surface area contributed by atoms with Crippen LogP contribution in [0.3, 0.4) is 0 Å². The normalized spacial score (nSPS) is 10.9. The molecular formula is C19H17N5O7. The number of fused-ring (bicyclic) bond motifs is 1. The highest BCUT2D eigenvalue weighted by Crippen LogP contribution is 2.33. The number of aromatic hydroxyl groups is 1. The van der Waals surface area contributed by atoms with E-state index < -0.39 is 34.4 Å². The third-order valence-corrected chi connectivity index (χ3v) is 4.14.